The van der Waals surface area contributed by atoms with E-state index in [2.05, 4.69) is 0 Å². The molecular formula is C20H24O7. The van der Waals surface area contributed by atoms with Crippen molar-refractivity contribution >= 4 is 6.08 Å². The minimum absolute atomic E-state index is 0.0527. The first-order chi connectivity index (χ1) is 13.0. The van der Waals surface area contributed by atoms with Gasteiger partial charge in [0.1, 0.15) is 6.10 Å². The average Bonchev–Trinajstić information content (AvgIpc) is 2.70. The zero-order valence-corrected chi connectivity index (χ0v) is 15.2. The Bertz CT molecular complexity index is 773. The summed E-state index contributed by atoms with van der Waals surface area (Å²) in [5, 5.41) is 38.8. The number of ether oxygens (including phenoxy) is 3. The van der Waals surface area contributed by atoms with E-state index in [0.717, 1.165) is 5.56 Å². The van der Waals surface area contributed by atoms with E-state index >= 15 is 0 Å². The first kappa shape index (κ1) is 20.6. The van der Waals surface area contributed by atoms with Gasteiger partial charge in [-0.05, 0) is 35.4 Å². The van der Waals surface area contributed by atoms with Gasteiger partial charge >= 0.3 is 0 Å². The molecule has 7 heteroatoms. The Morgan fingerprint density at radius 3 is 2.33 bits per heavy atom. The molecular weight excluding hydrogens is 352 g/mol. The molecule has 0 saturated carbocycles. The molecule has 7 nitrogen and oxygen atoms in total. The van der Waals surface area contributed by atoms with Gasteiger partial charge in [0.2, 0.25) is 0 Å². The second kappa shape index (κ2) is 9.82. The Kier molecular flexibility index (Phi) is 7.48. The van der Waals surface area contributed by atoms with Gasteiger partial charge in [0, 0.05) is 0 Å². The van der Waals surface area contributed by atoms with Gasteiger partial charge in [-0.1, -0.05) is 24.3 Å². The summed E-state index contributed by atoms with van der Waals surface area (Å²) >= 11 is 0. The van der Waals surface area contributed by atoms with Crippen molar-refractivity contribution in [3.05, 3.63) is 53.6 Å². The molecule has 0 amide bonds. The molecule has 0 aliphatic rings. The van der Waals surface area contributed by atoms with Crippen molar-refractivity contribution in [2.45, 2.75) is 12.2 Å². The number of aliphatic hydroxyl groups is 3. The van der Waals surface area contributed by atoms with Crippen molar-refractivity contribution in [2.24, 2.45) is 0 Å². The maximum Gasteiger partial charge on any atom is 0.161 e. The molecule has 0 bridgehead atoms. The van der Waals surface area contributed by atoms with Gasteiger partial charge in [0.15, 0.2) is 29.1 Å². The van der Waals surface area contributed by atoms with E-state index in [1.807, 2.05) is 0 Å². The molecule has 2 aromatic carbocycles. The summed E-state index contributed by atoms with van der Waals surface area (Å²) in [5.41, 5.74) is 1.22. The van der Waals surface area contributed by atoms with Crippen LogP contribution in [-0.2, 0) is 0 Å². The monoisotopic (exact) mass is 376 g/mol. The van der Waals surface area contributed by atoms with E-state index in [1.165, 1.54) is 32.4 Å². The van der Waals surface area contributed by atoms with Gasteiger partial charge < -0.3 is 34.6 Å². The van der Waals surface area contributed by atoms with Gasteiger partial charge in [0.05, 0.1) is 27.4 Å². The molecule has 4 N–H and O–H groups in total. The highest BCUT2D eigenvalue weighted by Crippen LogP contribution is 2.34. The van der Waals surface area contributed by atoms with Crippen LogP contribution in [0.4, 0.5) is 0 Å². The quantitative estimate of drug-likeness (QED) is 0.529. The molecule has 2 atom stereocenters. The zero-order valence-electron chi connectivity index (χ0n) is 15.2. The number of benzene rings is 2. The topological polar surface area (TPSA) is 109 Å². The van der Waals surface area contributed by atoms with E-state index in [9.17, 15) is 15.3 Å². The van der Waals surface area contributed by atoms with Crippen LogP contribution < -0.4 is 14.2 Å². The van der Waals surface area contributed by atoms with Crippen molar-refractivity contribution in [1.29, 1.82) is 0 Å². The van der Waals surface area contributed by atoms with Gasteiger partial charge in [0.25, 0.3) is 0 Å². The molecule has 0 aliphatic heterocycles. The predicted octanol–water partition coefficient (Wildman–Crippen LogP) is 1.89. The van der Waals surface area contributed by atoms with Crippen LogP contribution in [0.3, 0.4) is 0 Å². The minimum atomic E-state index is -1.16. The number of aliphatic hydroxyl groups excluding tert-OH is 3. The van der Waals surface area contributed by atoms with Crippen LogP contribution in [0.25, 0.3) is 6.08 Å². The maximum absolute atomic E-state index is 10.6. The lowest BCUT2D eigenvalue weighted by Gasteiger charge is -2.24. The van der Waals surface area contributed by atoms with Crippen LogP contribution >= 0.6 is 0 Å². The number of hydrogen-bond acceptors (Lipinski definition) is 7. The highest BCUT2D eigenvalue weighted by atomic mass is 16.5. The van der Waals surface area contributed by atoms with E-state index in [4.69, 9.17) is 19.3 Å². The van der Waals surface area contributed by atoms with Gasteiger partial charge in [-0.15, -0.1) is 0 Å². The fraction of sp³-hybridized carbons (Fsp3) is 0.300. The summed E-state index contributed by atoms with van der Waals surface area (Å²) in [6, 6.07) is 9.53. The molecule has 0 spiro atoms. The van der Waals surface area contributed by atoms with Crippen molar-refractivity contribution in [2.75, 3.05) is 27.4 Å². The molecule has 27 heavy (non-hydrogen) atoms. The van der Waals surface area contributed by atoms with Crippen molar-refractivity contribution in [1.82, 2.24) is 0 Å². The van der Waals surface area contributed by atoms with Crippen molar-refractivity contribution in [3.8, 4) is 23.0 Å². The van der Waals surface area contributed by atoms with E-state index in [0.29, 0.717) is 17.1 Å². The van der Waals surface area contributed by atoms with Gasteiger partial charge in [-0.2, -0.15) is 0 Å². The Labute approximate surface area is 157 Å². The third-order valence-corrected chi connectivity index (χ3v) is 3.96. The fourth-order valence-corrected chi connectivity index (χ4v) is 2.53. The molecule has 0 fully saturated rings. The highest BCUT2D eigenvalue weighted by Gasteiger charge is 2.24. The van der Waals surface area contributed by atoms with Crippen molar-refractivity contribution in [3.63, 3.8) is 0 Å². The lowest BCUT2D eigenvalue weighted by Crippen LogP contribution is -2.29. The maximum atomic E-state index is 10.6. The van der Waals surface area contributed by atoms with Gasteiger partial charge in [-0.3, -0.25) is 0 Å². The van der Waals surface area contributed by atoms with Crippen LogP contribution in [0.2, 0.25) is 0 Å². The summed E-state index contributed by atoms with van der Waals surface area (Å²) in [4.78, 5) is 0. The molecule has 0 aliphatic carbocycles. The Morgan fingerprint density at radius 1 is 0.963 bits per heavy atom. The molecule has 0 heterocycles. The Balaban J connectivity index is 2.24. The third kappa shape index (κ3) is 5.13. The molecule has 0 saturated heterocycles. The summed E-state index contributed by atoms with van der Waals surface area (Å²) in [7, 11) is 2.89. The van der Waals surface area contributed by atoms with Crippen LogP contribution in [-0.4, -0.2) is 54.0 Å². The predicted molar refractivity (Wildman–Crippen MR) is 100 cm³/mol. The number of methoxy groups -OCH3 is 2. The standard InChI is InChI=1S/C20H24O7/c1-25-17-11-14(6-7-15(17)23)20(24)19(12-22)27-16-8-5-13(4-3-9-21)10-18(16)26-2/h3-8,10-11,19-24H,9,12H2,1-2H3/t19-,20-/m0/s1. The third-order valence-electron chi connectivity index (χ3n) is 3.96. The normalized spacial score (nSPS) is 13.4. The second-order valence-electron chi connectivity index (χ2n) is 5.71. The number of aromatic hydroxyl groups is 1. The molecule has 2 rings (SSSR count). The van der Waals surface area contributed by atoms with E-state index < -0.39 is 18.8 Å². The summed E-state index contributed by atoms with van der Waals surface area (Å²) in [6.45, 7) is -0.519. The Hall–Kier alpha value is -2.74. The highest BCUT2D eigenvalue weighted by molar-refractivity contribution is 5.56. The molecule has 146 valence electrons. The largest absolute Gasteiger partial charge is 0.504 e. The first-order valence-electron chi connectivity index (χ1n) is 8.32. The lowest BCUT2D eigenvalue weighted by atomic mass is 10.0. The molecule has 2 aromatic rings. The second-order valence-corrected chi connectivity index (χ2v) is 5.71. The lowest BCUT2D eigenvalue weighted by molar-refractivity contribution is -0.000515. The Morgan fingerprint density at radius 2 is 1.70 bits per heavy atom. The molecule has 0 unspecified atom stereocenters. The first-order valence-corrected chi connectivity index (χ1v) is 8.32. The number of hydrogen-bond donors (Lipinski definition) is 4. The number of rotatable bonds is 9. The summed E-state index contributed by atoms with van der Waals surface area (Å²) in [5.74, 6) is 0.926. The van der Waals surface area contributed by atoms with Crippen LogP contribution in [0.15, 0.2) is 42.5 Å². The zero-order chi connectivity index (χ0) is 19.8. The summed E-state index contributed by atoms with van der Waals surface area (Å²) < 4.78 is 16.1. The van der Waals surface area contributed by atoms with E-state index in [-0.39, 0.29) is 18.1 Å². The average molecular weight is 376 g/mol. The fourth-order valence-electron chi connectivity index (χ4n) is 2.53. The number of phenols is 1. The van der Waals surface area contributed by atoms with Crippen molar-refractivity contribution < 1.29 is 34.6 Å². The van der Waals surface area contributed by atoms with Crippen LogP contribution in [0, 0.1) is 0 Å². The minimum Gasteiger partial charge on any atom is -0.504 e. The van der Waals surface area contributed by atoms with Crippen LogP contribution in [0.1, 0.15) is 17.2 Å². The van der Waals surface area contributed by atoms with Gasteiger partial charge in [-0.25, -0.2) is 0 Å². The SMILES string of the molecule is COc1cc([C@H](O)[C@H](CO)Oc2ccc(C=CCO)cc2OC)ccc1O. The summed E-state index contributed by atoms with van der Waals surface area (Å²) in [6.07, 6.45) is 1.19. The molecule has 0 radical (unpaired) electrons. The smallest absolute Gasteiger partial charge is 0.161 e. The number of phenolic OH excluding ortho intramolecular Hbond substituents is 1. The van der Waals surface area contributed by atoms with E-state index in [1.54, 1.807) is 30.4 Å². The molecule has 0 aromatic heterocycles. The van der Waals surface area contributed by atoms with Crippen LogP contribution in [0.5, 0.6) is 23.0 Å².